The largest absolute Gasteiger partial charge is 0.497 e. The molecular weight excluding hydrogens is 378 g/mol. The van der Waals surface area contributed by atoms with Crippen molar-refractivity contribution in [1.29, 1.82) is 0 Å². The molecule has 4 rings (SSSR count). The van der Waals surface area contributed by atoms with Crippen molar-refractivity contribution in [3.8, 4) is 11.6 Å². The summed E-state index contributed by atoms with van der Waals surface area (Å²) in [5, 5.41) is 3.49. The molecule has 1 aliphatic carbocycles. The smallest absolute Gasteiger partial charge is 0.213 e. The van der Waals surface area contributed by atoms with E-state index in [0.29, 0.717) is 12.4 Å². The molecule has 0 radical (unpaired) electrons. The van der Waals surface area contributed by atoms with Gasteiger partial charge in [-0.15, -0.1) is 0 Å². The summed E-state index contributed by atoms with van der Waals surface area (Å²) in [7, 11) is 3.54. The number of hydrogen-bond acceptors (Lipinski definition) is 5. The van der Waals surface area contributed by atoms with Gasteiger partial charge in [0.2, 0.25) is 5.88 Å². The average Bonchev–Trinajstić information content (AvgIpc) is 3.64. The topological polar surface area (TPSA) is 62.2 Å². The van der Waals surface area contributed by atoms with Gasteiger partial charge in [0.25, 0.3) is 0 Å². The van der Waals surface area contributed by atoms with Crippen LogP contribution in [0, 0.1) is 5.92 Å². The Balaban J connectivity index is 1.27. The Morgan fingerprint density at radius 2 is 1.90 bits per heavy atom. The first-order chi connectivity index (χ1) is 14.7. The van der Waals surface area contributed by atoms with Gasteiger partial charge in [0.05, 0.1) is 13.7 Å². The number of hydrogen-bond donors (Lipinski definition) is 1. The second-order valence-corrected chi connectivity index (χ2v) is 7.83. The Morgan fingerprint density at radius 1 is 1.13 bits per heavy atom. The van der Waals surface area contributed by atoms with Gasteiger partial charge in [0.15, 0.2) is 5.96 Å². The Hall–Kier alpha value is -2.96. The summed E-state index contributed by atoms with van der Waals surface area (Å²) < 4.78 is 11.0. The molecule has 7 heteroatoms. The summed E-state index contributed by atoms with van der Waals surface area (Å²) in [4.78, 5) is 13.5. The Bertz CT molecular complexity index is 843. The predicted molar refractivity (Wildman–Crippen MR) is 119 cm³/mol. The van der Waals surface area contributed by atoms with Crippen molar-refractivity contribution in [2.45, 2.75) is 19.4 Å². The van der Waals surface area contributed by atoms with E-state index in [4.69, 9.17) is 9.47 Å². The highest BCUT2D eigenvalue weighted by atomic mass is 16.5. The molecule has 2 aliphatic rings. The number of guanidine groups is 1. The van der Waals surface area contributed by atoms with Crippen LogP contribution in [0.2, 0.25) is 0 Å². The molecule has 1 aromatic heterocycles. The minimum atomic E-state index is 0.702. The summed E-state index contributed by atoms with van der Waals surface area (Å²) in [6.45, 7) is 5.26. The van der Waals surface area contributed by atoms with Crippen molar-refractivity contribution >= 4 is 11.6 Å². The molecule has 7 nitrogen and oxygen atoms in total. The summed E-state index contributed by atoms with van der Waals surface area (Å²) in [6.07, 6.45) is 4.38. The van der Waals surface area contributed by atoms with E-state index in [-0.39, 0.29) is 0 Å². The molecule has 0 unspecified atom stereocenters. The number of rotatable bonds is 7. The summed E-state index contributed by atoms with van der Waals surface area (Å²) in [5.74, 6) is 3.26. The first-order valence-corrected chi connectivity index (χ1v) is 10.7. The van der Waals surface area contributed by atoms with Crippen LogP contribution in [0.1, 0.15) is 18.4 Å². The maximum Gasteiger partial charge on any atom is 0.213 e. The zero-order valence-corrected chi connectivity index (χ0v) is 17.9. The molecule has 160 valence electrons. The second kappa shape index (κ2) is 9.69. The van der Waals surface area contributed by atoms with Gasteiger partial charge in [-0.3, -0.25) is 4.99 Å². The van der Waals surface area contributed by atoms with Crippen molar-refractivity contribution in [2.75, 3.05) is 51.8 Å². The van der Waals surface area contributed by atoms with Crippen molar-refractivity contribution < 1.29 is 9.47 Å². The standard InChI is InChI=1S/C23H31N5O2/c1-24-23(26-16-19-9-10-25-22(15-19)30-17-18-3-4-18)28-13-11-27(12-14-28)20-5-7-21(29-2)8-6-20/h5-10,15,18H,3-4,11-14,16-17H2,1-2H3,(H,24,26). The molecule has 2 aromatic rings. The van der Waals surface area contributed by atoms with Gasteiger partial charge in [-0.05, 0) is 54.7 Å². The number of pyridine rings is 1. The lowest BCUT2D eigenvalue weighted by Crippen LogP contribution is -2.52. The molecule has 0 bridgehead atoms. The third-order valence-electron chi connectivity index (χ3n) is 5.64. The van der Waals surface area contributed by atoms with Crippen LogP contribution in [0.25, 0.3) is 0 Å². The van der Waals surface area contributed by atoms with Gasteiger partial charge in [-0.25, -0.2) is 4.98 Å². The van der Waals surface area contributed by atoms with Gasteiger partial charge in [-0.2, -0.15) is 0 Å². The zero-order valence-electron chi connectivity index (χ0n) is 17.9. The van der Waals surface area contributed by atoms with E-state index in [0.717, 1.165) is 56.0 Å². The minimum Gasteiger partial charge on any atom is -0.497 e. The van der Waals surface area contributed by atoms with Gasteiger partial charge in [-0.1, -0.05) is 0 Å². The Labute approximate surface area is 178 Å². The highest BCUT2D eigenvalue weighted by molar-refractivity contribution is 5.80. The van der Waals surface area contributed by atoms with E-state index in [1.807, 2.05) is 37.5 Å². The molecule has 0 spiro atoms. The number of ether oxygens (including phenoxy) is 2. The van der Waals surface area contributed by atoms with E-state index in [2.05, 4.69) is 37.2 Å². The molecule has 1 saturated carbocycles. The fraction of sp³-hybridized carbons (Fsp3) is 0.478. The van der Waals surface area contributed by atoms with E-state index >= 15 is 0 Å². The molecule has 2 heterocycles. The van der Waals surface area contributed by atoms with E-state index in [9.17, 15) is 0 Å². The van der Waals surface area contributed by atoms with Gasteiger partial charge in [0.1, 0.15) is 5.75 Å². The number of benzene rings is 1. The van der Waals surface area contributed by atoms with Crippen LogP contribution >= 0.6 is 0 Å². The maximum atomic E-state index is 5.80. The molecule has 2 fully saturated rings. The van der Waals surface area contributed by atoms with Crippen LogP contribution < -0.4 is 19.7 Å². The van der Waals surface area contributed by atoms with Crippen LogP contribution in [-0.4, -0.2) is 62.8 Å². The van der Waals surface area contributed by atoms with Crippen LogP contribution in [0.3, 0.4) is 0 Å². The lowest BCUT2D eigenvalue weighted by Gasteiger charge is -2.37. The molecule has 1 aliphatic heterocycles. The van der Waals surface area contributed by atoms with Crippen LogP contribution in [0.4, 0.5) is 5.69 Å². The molecule has 30 heavy (non-hydrogen) atoms. The summed E-state index contributed by atoms with van der Waals surface area (Å²) >= 11 is 0. The number of aromatic nitrogens is 1. The first kappa shape index (κ1) is 20.3. The number of nitrogens with one attached hydrogen (secondary N) is 1. The second-order valence-electron chi connectivity index (χ2n) is 7.83. The zero-order chi connectivity index (χ0) is 20.8. The monoisotopic (exact) mass is 409 g/mol. The quantitative estimate of drug-likeness (QED) is 0.561. The van der Waals surface area contributed by atoms with Gasteiger partial charge >= 0.3 is 0 Å². The van der Waals surface area contributed by atoms with Crippen molar-refractivity contribution in [1.82, 2.24) is 15.2 Å². The lowest BCUT2D eigenvalue weighted by molar-refractivity contribution is 0.288. The molecule has 0 atom stereocenters. The number of methoxy groups -OCH3 is 1. The number of anilines is 1. The van der Waals surface area contributed by atoms with Crippen LogP contribution in [0.5, 0.6) is 11.6 Å². The molecule has 1 N–H and O–H groups in total. The van der Waals surface area contributed by atoms with Crippen molar-refractivity contribution in [3.05, 3.63) is 48.2 Å². The summed E-state index contributed by atoms with van der Waals surface area (Å²) in [6, 6.07) is 12.3. The highest BCUT2D eigenvalue weighted by Gasteiger charge is 2.22. The third-order valence-corrected chi connectivity index (χ3v) is 5.64. The highest BCUT2D eigenvalue weighted by Crippen LogP contribution is 2.29. The number of piperazine rings is 1. The number of nitrogens with zero attached hydrogens (tertiary/aromatic N) is 4. The maximum absolute atomic E-state index is 5.80. The fourth-order valence-electron chi connectivity index (χ4n) is 3.61. The lowest BCUT2D eigenvalue weighted by atomic mass is 10.2. The van der Waals surface area contributed by atoms with Crippen molar-refractivity contribution in [2.24, 2.45) is 10.9 Å². The first-order valence-electron chi connectivity index (χ1n) is 10.7. The normalized spacial score (nSPS) is 17.1. The number of aliphatic imine (C=N–C) groups is 1. The van der Waals surface area contributed by atoms with Crippen LogP contribution in [0.15, 0.2) is 47.6 Å². The van der Waals surface area contributed by atoms with Crippen LogP contribution in [-0.2, 0) is 6.54 Å². The van der Waals surface area contributed by atoms with Gasteiger partial charge in [0, 0.05) is 57.7 Å². The fourth-order valence-corrected chi connectivity index (χ4v) is 3.61. The van der Waals surface area contributed by atoms with E-state index < -0.39 is 0 Å². The Morgan fingerprint density at radius 3 is 2.57 bits per heavy atom. The average molecular weight is 410 g/mol. The van der Waals surface area contributed by atoms with E-state index in [1.165, 1.54) is 18.5 Å². The van der Waals surface area contributed by atoms with E-state index in [1.54, 1.807) is 7.11 Å². The molecule has 0 amide bonds. The minimum absolute atomic E-state index is 0.702. The summed E-state index contributed by atoms with van der Waals surface area (Å²) in [5.41, 5.74) is 2.38. The predicted octanol–water partition coefficient (Wildman–Crippen LogP) is 2.78. The molecule has 1 aromatic carbocycles. The van der Waals surface area contributed by atoms with Crippen molar-refractivity contribution in [3.63, 3.8) is 0 Å². The molecular formula is C23H31N5O2. The van der Waals surface area contributed by atoms with Gasteiger partial charge < -0.3 is 24.6 Å². The Kier molecular flexibility index (Phi) is 6.57. The molecule has 1 saturated heterocycles. The SMILES string of the molecule is CN=C(NCc1ccnc(OCC2CC2)c1)N1CCN(c2ccc(OC)cc2)CC1. The third kappa shape index (κ3) is 5.34.